The van der Waals surface area contributed by atoms with Crippen LogP contribution in [0.25, 0.3) is 0 Å². The summed E-state index contributed by atoms with van der Waals surface area (Å²) in [6, 6.07) is -7.47. The van der Waals surface area contributed by atoms with Crippen molar-refractivity contribution in [2.24, 2.45) is 29.0 Å². The topological polar surface area (TPSA) is 364 Å². The van der Waals surface area contributed by atoms with Gasteiger partial charge in [-0.05, 0) is 50.5 Å². The number of nitrogens with zero attached hydrogens (tertiary/aromatic N) is 2. The number of amides is 7. The maximum atomic E-state index is 13.7. The lowest BCUT2D eigenvalue weighted by Crippen LogP contribution is -2.58. The van der Waals surface area contributed by atoms with Crippen LogP contribution < -0.4 is 49.1 Å². The number of imidazole rings is 2. The minimum Gasteiger partial charge on any atom is -0.480 e. The first-order valence-corrected chi connectivity index (χ1v) is 19.1. The Morgan fingerprint density at radius 1 is 0.672 bits per heavy atom. The van der Waals surface area contributed by atoms with Crippen LogP contribution in [0.5, 0.6) is 0 Å². The van der Waals surface area contributed by atoms with E-state index in [9.17, 15) is 43.5 Å². The molecule has 2 rings (SSSR count). The largest absolute Gasteiger partial charge is 0.480 e. The van der Waals surface area contributed by atoms with Crippen molar-refractivity contribution in [1.29, 1.82) is 0 Å². The molecule has 0 spiro atoms. The molecule has 0 saturated heterocycles. The minimum atomic E-state index is -1.47. The number of primary amides is 1. The molecule has 2 aromatic rings. The van der Waals surface area contributed by atoms with Gasteiger partial charge in [0.05, 0.1) is 31.7 Å². The van der Waals surface area contributed by atoms with Crippen LogP contribution in [0, 0.1) is 11.8 Å². The number of carboxylic acids is 1. The van der Waals surface area contributed by atoms with E-state index < -0.39 is 96.5 Å². The van der Waals surface area contributed by atoms with Gasteiger partial charge in [-0.1, -0.05) is 27.7 Å². The zero-order chi connectivity index (χ0) is 43.4. The van der Waals surface area contributed by atoms with Gasteiger partial charge in [-0.3, -0.25) is 33.6 Å². The number of aliphatic carboxylic acids is 1. The number of H-pyrrole nitrogens is 2. The van der Waals surface area contributed by atoms with Crippen molar-refractivity contribution in [1.82, 2.24) is 51.8 Å². The van der Waals surface area contributed by atoms with Gasteiger partial charge in [0.25, 0.3) is 0 Å². The number of carbonyl (C=O) groups excluding carboxylic acids is 7. The molecule has 322 valence electrons. The van der Waals surface area contributed by atoms with Gasteiger partial charge in [-0.2, -0.15) is 0 Å². The zero-order valence-corrected chi connectivity index (χ0v) is 33.3. The molecule has 0 saturated carbocycles. The fourth-order valence-electron chi connectivity index (χ4n) is 5.75. The molecule has 0 unspecified atom stereocenters. The van der Waals surface area contributed by atoms with Gasteiger partial charge in [-0.15, -0.1) is 0 Å². The molecule has 15 N–H and O–H groups in total. The molecule has 2 aromatic heterocycles. The van der Waals surface area contributed by atoms with E-state index in [1.54, 1.807) is 27.7 Å². The van der Waals surface area contributed by atoms with Gasteiger partial charge in [0.15, 0.2) is 0 Å². The average molecular weight is 818 g/mol. The Bertz CT molecular complexity index is 1650. The predicted molar refractivity (Wildman–Crippen MR) is 208 cm³/mol. The zero-order valence-electron chi connectivity index (χ0n) is 33.3. The summed E-state index contributed by atoms with van der Waals surface area (Å²) in [6.45, 7) is 6.86. The Morgan fingerprint density at radius 3 is 1.72 bits per heavy atom. The van der Waals surface area contributed by atoms with E-state index in [0.717, 1.165) is 0 Å². The number of carboxylic acid groups (broad SMARTS) is 1. The number of nitrogens with two attached hydrogens (primary N) is 3. The number of hydrogen-bond acceptors (Lipinski definition) is 12. The van der Waals surface area contributed by atoms with Crippen molar-refractivity contribution in [3.05, 3.63) is 36.4 Å². The standard InChI is InChI=1S/C36H59N13O9/c1-19(2)9-25(47-35(56)27(13-29(39)50)46-31(52)23(38)11-21-14-40-17-43-21)32(53)42-16-30(51)45-24(7-5-6-8-37)33(54)48-26(12-22-15-41-18-44-22)34(55)49-28(36(57)58)10-20(3)4/h14-15,17-20,23-28H,5-13,16,37-38H2,1-4H3,(H2,39,50)(H,40,43)(H,41,44)(H,42,53)(H,45,51)(H,46,52)(H,47,56)(H,48,54)(H,49,55)(H,57,58)/t23-,24-,25-,26-,27-,28-/m0/s1. The Hall–Kier alpha value is -5.90. The SMILES string of the molecule is CC(C)C[C@H](NC(=O)[C@H](Cc1cnc[nH]1)NC(=O)[C@H](CCCCN)NC(=O)CNC(=O)[C@H](CC(C)C)NC(=O)[C@H](CC(N)=O)NC(=O)[C@@H](N)Cc1cnc[nH]1)C(=O)O. The van der Waals surface area contributed by atoms with Crippen LogP contribution in [0.4, 0.5) is 0 Å². The molecule has 0 aliphatic rings. The van der Waals surface area contributed by atoms with Gasteiger partial charge in [0.1, 0.15) is 30.2 Å². The number of hydrogen-bond donors (Lipinski definition) is 12. The summed E-state index contributed by atoms with van der Waals surface area (Å²) in [5.74, 6) is -7.05. The Kier molecular flexibility index (Phi) is 20.5. The first kappa shape index (κ1) is 48.2. The molecule has 0 aliphatic carbocycles. The third-order valence-corrected chi connectivity index (χ3v) is 8.67. The smallest absolute Gasteiger partial charge is 0.326 e. The van der Waals surface area contributed by atoms with Crippen LogP contribution in [-0.2, 0) is 51.2 Å². The van der Waals surface area contributed by atoms with E-state index in [-0.39, 0.29) is 43.9 Å². The van der Waals surface area contributed by atoms with Crippen LogP contribution in [0.1, 0.15) is 77.6 Å². The molecular formula is C36H59N13O9. The third-order valence-electron chi connectivity index (χ3n) is 8.67. The average Bonchev–Trinajstić information content (AvgIpc) is 3.86. The van der Waals surface area contributed by atoms with Crippen molar-refractivity contribution in [3.63, 3.8) is 0 Å². The van der Waals surface area contributed by atoms with Crippen LogP contribution in [0.15, 0.2) is 25.0 Å². The first-order chi connectivity index (χ1) is 27.4. The molecule has 7 amide bonds. The van der Waals surface area contributed by atoms with Crippen molar-refractivity contribution in [2.75, 3.05) is 13.1 Å². The van der Waals surface area contributed by atoms with Crippen molar-refractivity contribution in [2.45, 2.75) is 115 Å². The van der Waals surface area contributed by atoms with Gasteiger partial charge in [0, 0.05) is 36.6 Å². The molecule has 0 bridgehead atoms. The normalized spacial score (nSPS) is 14.3. The Balaban J connectivity index is 2.15. The summed E-state index contributed by atoms with van der Waals surface area (Å²) in [5, 5.41) is 24.7. The van der Waals surface area contributed by atoms with Gasteiger partial charge >= 0.3 is 5.97 Å². The molecule has 2 heterocycles. The maximum absolute atomic E-state index is 13.7. The molecule has 22 nitrogen and oxygen atoms in total. The van der Waals surface area contributed by atoms with Gasteiger partial charge < -0.3 is 64.2 Å². The van der Waals surface area contributed by atoms with E-state index >= 15 is 0 Å². The molecular weight excluding hydrogens is 758 g/mol. The number of aromatic nitrogens is 4. The highest BCUT2D eigenvalue weighted by Crippen LogP contribution is 2.10. The van der Waals surface area contributed by atoms with Crippen molar-refractivity contribution in [3.8, 4) is 0 Å². The second kappa shape index (κ2) is 24.7. The number of nitrogens with one attached hydrogen (secondary N) is 8. The summed E-state index contributed by atoms with van der Waals surface area (Å²) in [7, 11) is 0. The van der Waals surface area contributed by atoms with E-state index in [2.05, 4.69) is 51.8 Å². The highest BCUT2D eigenvalue weighted by Gasteiger charge is 2.32. The minimum absolute atomic E-state index is 0.0550. The molecule has 22 heteroatoms. The maximum Gasteiger partial charge on any atom is 0.326 e. The first-order valence-electron chi connectivity index (χ1n) is 19.1. The number of carbonyl (C=O) groups is 8. The van der Waals surface area contributed by atoms with Crippen molar-refractivity contribution >= 4 is 47.3 Å². The lowest BCUT2D eigenvalue weighted by molar-refractivity contribution is -0.142. The number of rotatable bonds is 27. The molecule has 0 fully saturated rings. The third kappa shape index (κ3) is 17.9. The second-order valence-electron chi connectivity index (χ2n) is 14.8. The summed E-state index contributed by atoms with van der Waals surface area (Å²) in [5.41, 5.74) is 18.0. The van der Waals surface area contributed by atoms with Crippen molar-refractivity contribution < 1.29 is 43.5 Å². The van der Waals surface area contributed by atoms with Crippen LogP contribution in [0.2, 0.25) is 0 Å². The highest BCUT2D eigenvalue weighted by atomic mass is 16.4. The van der Waals surface area contributed by atoms with Gasteiger partial charge in [0.2, 0.25) is 41.4 Å². The predicted octanol–water partition coefficient (Wildman–Crippen LogP) is -3.03. The van der Waals surface area contributed by atoms with E-state index in [4.69, 9.17) is 17.2 Å². The summed E-state index contributed by atoms with van der Waals surface area (Å²) < 4.78 is 0. The summed E-state index contributed by atoms with van der Waals surface area (Å²) in [6.07, 6.45) is 6.36. The molecule has 6 atom stereocenters. The highest BCUT2D eigenvalue weighted by molar-refractivity contribution is 5.97. The Morgan fingerprint density at radius 2 is 1.19 bits per heavy atom. The summed E-state index contributed by atoms with van der Waals surface area (Å²) >= 11 is 0. The van der Waals surface area contributed by atoms with Gasteiger partial charge in [-0.25, -0.2) is 14.8 Å². The van der Waals surface area contributed by atoms with Crippen LogP contribution in [-0.4, -0.2) is 122 Å². The van der Waals surface area contributed by atoms with Crippen LogP contribution >= 0.6 is 0 Å². The number of aromatic amines is 2. The fraction of sp³-hybridized carbons (Fsp3) is 0.611. The number of unbranched alkanes of at least 4 members (excludes halogenated alkanes) is 1. The Labute approximate surface area is 336 Å². The van der Waals surface area contributed by atoms with E-state index in [0.29, 0.717) is 30.8 Å². The summed E-state index contributed by atoms with van der Waals surface area (Å²) in [4.78, 5) is 117. The molecule has 0 aromatic carbocycles. The quantitative estimate of drug-likeness (QED) is 0.0400. The lowest BCUT2D eigenvalue weighted by atomic mass is 10.0. The molecule has 0 aliphatic heterocycles. The molecule has 58 heavy (non-hydrogen) atoms. The van der Waals surface area contributed by atoms with Crippen LogP contribution in [0.3, 0.4) is 0 Å². The monoisotopic (exact) mass is 817 g/mol. The molecule has 0 radical (unpaired) electrons. The van der Waals surface area contributed by atoms with E-state index in [1.165, 1.54) is 25.0 Å². The fourth-order valence-corrected chi connectivity index (χ4v) is 5.75. The lowest BCUT2D eigenvalue weighted by Gasteiger charge is -2.25. The van der Waals surface area contributed by atoms with E-state index in [1.807, 2.05) is 0 Å². The second-order valence-corrected chi connectivity index (χ2v) is 14.8.